The second-order valence-corrected chi connectivity index (χ2v) is 11.2. The number of anilines is 1. The standard InChI is InChI=1S/C34H29N3O3S/c1-2-40-34(39)31-28-15-6-8-17-30(28)41-33(31)36-32(38)24(19-35)18-25-21-37(29-16-7-5-14-27(25)29)20-23-12-9-11-22-10-3-4-13-26(22)23/h3-5,7,9-14,16,18,21H,2,6,8,15,17,20H2,1H3,(H,36,38)/b24-18+. The summed E-state index contributed by atoms with van der Waals surface area (Å²) >= 11 is 1.41. The molecule has 2 heterocycles. The first-order valence-corrected chi connectivity index (χ1v) is 14.7. The molecule has 0 radical (unpaired) electrons. The van der Waals surface area contributed by atoms with E-state index in [4.69, 9.17) is 4.74 Å². The lowest BCUT2D eigenvalue weighted by Crippen LogP contribution is -2.16. The maximum Gasteiger partial charge on any atom is 0.341 e. The summed E-state index contributed by atoms with van der Waals surface area (Å²) in [6, 6.07) is 24.7. The molecular weight excluding hydrogens is 530 g/mol. The third-order valence-corrected chi connectivity index (χ3v) is 8.79. The third-order valence-electron chi connectivity index (χ3n) is 7.58. The van der Waals surface area contributed by atoms with E-state index in [1.54, 1.807) is 13.0 Å². The van der Waals surface area contributed by atoms with Gasteiger partial charge in [-0.25, -0.2) is 4.79 Å². The van der Waals surface area contributed by atoms with Crippen molar-refractivity contribution >= 4 is 56.0 Å². The Kier molecular flexibility index (Phi) is 7.41. The number of aryl methyl sites for hydroxylation is 1. The van der Waals surface area contributed by atoms with Gasteiger partial charge in [0.25, 0.3) is 5.91 Å². The number of hydrogen-bond acceptors (Lipinski definition) is 5. The number of para-hydroxylation sites is 1. The summed E-state index contributed by atoms with van der Waals surface area (Å²) in [7, 11) is 0. The molecule has 1 amide bonds. The van der Waals surface area contributed by atoms with Crippen LogP contribution < -0.4 is 5.32 Å². The van der Waals surface area contributed by atoms with E-state index >= 15 is 0 Å². The minimum atomic E-state index is -0.539. The highest BCUT2D eigenvalue weighted by molar-refractivity contribution is 7.17. The number of benzene rings is 3. The Bertz CT molecular complexity index is 1870. The number of carbonyl (C=O) groups excluding carboxylic acids is 2. The second kappa shape index (κ2) is 11.4. The fourth-order valence-corrected chi connectivity index (χ4v) is 6.96. The van der Waals surface area contributed by atoms with Crippen LogP contribution >= 0.6 is 11.3 Å². The quantitative estimate of drug-likeness (QED) is 0.127. The number of aromatic nitrogens is 1. The highest BCUT2D eigenvalue weighted by Crippen LogP contribution is 2.39. The molecule has 1 N–H and O–H groups in total. The van der Waals surface area contributed by atoms with E-state index in [0.717, 1.165) is 52.6 Å². The summed E-state index contributed by atoms with van der Waals surface area (Å²) in [4.78, 5) is 27.4. The number of thiophene rings is 1. The Hall–Kier alpha value is -4.67. The Morgan fingerprint density at radius 1 is 1.02 bits per heavy atom. The molecule has 6 nitrogen and oxygen atoms in total. The number of nitriles is 1. The van der Waals surface area contributed by atoms with Crippen LogP contribution in [-0.2, 0) is 28.9 Å². The highest BCUT2D eigenvalue weighted by Gasteiger charge is 2.28. The third kappa shape index (κ3) is 5.15. The van der Waals surface area contributed by atoms with Gasteiger partial charge in [-0.15, -0.1) is 11.3 Å². The largest absolute Gasteiger partial charge is 0.462 e. The second-order valence-electron chi connectivity index (χ2n) is 10.1. The minimum absolute atomic E-state index is 0.0285. The number of carbonyl (C=O) groups is 2. The summed E-state index contributed by atoms with van der Waals surface area (Å²) in [5, 5.41) is 16.7. The molecule has 3 aromatic carbocycles. The van der Waals surface area contributed by atoms with E-state index in [1.165, 1.54) is 27.7 Å². The van der Waals surface area contributed by atoms with Crippen LogP contribution in [0.15, 0.2) is 78.5 Å². The molecule has 0 aliphatic heterocycles. The van der Waals surface area contributed by atoms with E-state index in [2.05, 4.69) is 46.3 Å². The molecule has 0 atom stereocenters. The van der Waals surface area contributed by atoms with E-state index in [1.807, 2.05) is 42.6 Å². The summed E-state index contributed by atoms with van der Waals surface area (Å²) in [6.45, 7) is 2.67. The molecule has 0 saturated carbocycles. The molecule has 6 rings (SSSR count). The van der Waals surface area contributed by atoms with E-state index < -0.39 is 11.9 Å². The molecule has 1 aliphatic carbocycles. The van der Waals surface area contributed by atoms with Gasteiger partial charge in [-0.1, -0.05) is 60.7 Å². The normalized spacial score (nSPS) is 13.1. The van der Waals surface area contributed by atoms with E-state index in [0.29, 0.717) is 17.1 Å². The number of fused-ring (bicyclic) bond motifs is 3. The molecule has 7 heteroatoms. The van der Waals surface area contributed by atoms with Crippen molar-refractivity contribution in [3.63, 3.8) is 0 Å². The van der Waals surface area contributed by atoms with Crippen LogP contribution in [0.2, 0.25) is 0 Å². The first-order chi connectivity index (χ1) is 20.1. The highest BCUT2D eigenvalue weighted by atomic mass is 32.1. The molecule has 0 spiro atoms. The van der Waals surface area contributed by atoms with Crippen LogP contribution in [0, 0.1) is 11.3 Å². The van der Waals surface area contributed by atoms with Crippen molar-refractivity contribution in [1.82, 2.24) is 4.57 Å². The van der Waals surface area contributed by atoms with Crippen LogP contribution in [0.3, 0.4) is 0 Å². The lowest BCUT2D eigenvalue weighted by molar-refractivity contribution is -0.112. The predicted molar refractivity (Wildman–Crippen MR) is 164 cm³/mol. The van der Waals surface area contributed by atoms with Crippen molar-refractivity contribution in [3.8, 4) is 6.07 Å². The van der Waals surface area contributed by atoms with Gasteiger partial charge in [0.1, 0.15) is 16.6 Å². The van der Waals surface area contributed by atoms with Gasteiger partial charge in [0.15, 0.2) is 0 Å². The van der Waals surface area contributed by atoms with Crippen LogP contribution in [0.4, 0.5) is 5.00 Å². The van der Waals surface area contributed by atoms with Gasteiger partial charge in [-0.05, 0) is 66.6 Å². The summed E-state index contributed by atoms with van der Waals surface area (Å²) in [5.41, 5.74) is 4.35. The molecule has 0 bridgehead atoms. The van der Waals surface area contributed by atoms with E-state index in [9.17, 15) is 14.9 Å². The van der Waals surface area contributed by atoms with Crippen molar-refractivity contribution in [2.75, 3.05) is 11.9 Å². The fraction of sp³-hybridized carbons (Fsp3) is 0.206. The van der Waals surface area contributed by atoms with Crippen LogP contribution in [0.1, 0.15) is 51.7 Å². The zero-order valence-electron chi connectivity index (χ0n) is 22.8. The number of hydrogen-bond donors (Lipinski definition) is 1. The maximum absolute atomic E-state index is 13.4. The van der Waals surface area contributed by atoms with Crippen molar-refractivity contribution in [3.05, 3.63) is 106 Å². The van der Waals surface area contributed by atoms with Crippen LogP contribution in [0.25, 0.3) is 27.8 Å². The Morgan fingerprint density at radius 3 is 2.61 bits per heavy atom. The summed E-state index contributed by atoms with van der Waals surface area (Å²) in [6.07, 6.45) is 7.33. The van der Waals surface area contributed by atoms with Gasteiger partial charge in [-0.3, -0.25) is 4.79 Å². The van der Waals surface area contributed by atoms with E-state index in [-0.39, 0.29) is 12.2 Å². The molecule has 1 aliphatic rings. The monoisotopic (exact) mass is 559 g/mol. The smallest absolute Gasteiger partial charge is 0.341 e. The molecule has 5 aromatic rings. The van der Waals surface area contributed by atoms with Gasteiger partial charge < -0.3 is 14.6 Å². The average Bonchev–Trinajstić information content (AvgIpc) is 3.53. The van der Waals surface area contributed by atoms with Crippen molar-refractivity contribution < 1.29 is 14.3 Å². The first kappa shape index (κ1) is 26.5. The van der Waals surface area contributed by atoms with Gasteiger partial charge in [0.05, 0.1) is 12.2 Å². The topological polar surface area (TPSA) is 84.1 Å². The van der Waals surface area contributed by atoms with Crippen molar-refractivity contribution in [1.29, 1.82) is 5.26 Å². The zero-order chi connectivity index (χ0) is 28.3. The summed E-state index contributed by atoms with van der Waals surface area (Å²) in [5.74, 6) is -0.969. The Labute approximate surface area is 242 Å². The molecular formula is C34H29N3O3S. The van der Waals surface area contributed by atoms with Gasteiger partial charge in [0.2, 0.25) is 0 Å². The SMILES string of the molecule is CCOC(=O)c1c(NC(=O)/C(C#N)=C/c2cn(Cc3cccc4ccccc34)c3ccccc23)sc2c1CCCC2. The Morgan fingerprint density at radius 2 is 1.78 bits per heavy atom. The van der Waals surface area contributed by atoms with Gasteiger partial charge >= 0.3 is 5.97 Å². The first-order valence-electron chi connectivity index (χ1n) is 13.9. The zero-order valence-corrected chi connectivity index (χ0v) is 23.6. The van der Waals surface area contributed by atoms with Gasteiger partial charge in [-0.2, -0.15) is 5.26 Å². The molecule has 41 heavy (non-hydrogen) atoms. The van der Waals surface area contributed by atoms with Crippen molar-refractivity contribution in [2.24, 2.45) is 0 Å². The number of nitrogens with one attached hydrogen (secondary N) is 1. The number of nitrogens with zero attached hydrogens (tertiary/aromatic N) is 2. The molecule has 0 fully saturated rings. The number of ether oxygens (including phenoxy) is 1. The fourth-order valence-electron chi connectivity index (χ4n) is 5.68. The minimum Gasteiger partial charge on any atom is -0.462 e. The Balaban J connectivity index is 1.34. The number of amides is 1. The molecule has 0 saturated heterocycles. The predicted octanol–water partition coefficient (Wildman–Crippen LogP) is 7.51. The van der Waals surface area contributed by atoms with Crippen LogP contribution in [0.5, 0.6) is 0 Å². The molecule has 0 unspecified atom stereocenters. The average molecular weight is 560 g/mol. The molecule has 204 valence electrons. The number of esters is 1. The lowest BCUT2D eigenvalue weighted by atomic mass is 9.95. The van der Waals surface area contributed by atoms with Gasteiger partial charge in [0, 0.05) is 34.1 Å². The molecule has 2 aromatic heterocycles. The maximum atomic E-state index is 13.4. The van der Waals surface area contributed by atoms with Crippen molar-refractivity contribution in [2.45, 2.75) is 39.2 Å². The number of rotatable bonds is 7. The van der Waals surface area contributed by atoms with Crippen LogP contribution in [-0.4, -0.2) is 23.1 Å². The lowest BCUT2D eigenvalue weighted by Gasteiger charge is -2.12. The summed E-state index contributed by atoms with van der Waals surface area (Å²) < 4.78 is 7.47.